The van der Waals surface area contributed by atoms with Gasteiger partial charge in [0.2, 0.25) is 0 Å². The van der Waals surface area contributed by atoms with Crippen LogP contribution < -0.4 is 5.32 Å². The van der Waals surface area contributed by atoms with Crippen molar-refractivity contribution in [2.45, 2.75) is 33.6 Å². The quantitative estimate of drug-likeness (QED) is 0.481. The predicted molar refractivity (Wildman–Crippen MR) is 50.4 cm³/mol. The molecule has 0 aromatic rings. The standard InChI is InChI=1S/C10H19N/c1-4-11-9-7-5-6-8-10(2)3/h10-11H,4-5,7,9H2,1-3H3. The van der Waals surface area contributed by atoms with E-state index in [0.29, 0.717) is 5.92 Å². The van der Waals surface area contributed by atoms with Crippen molar-refractivity contribution >= 4 is 0 Å². The van der Waals surface area contributed by atoms with Gasteiger partial charge in [-0.2, -0.15) is 0 Å². The third-order valence-electron chi connectivity index (χ3n) is 1.30. The summed E-state index contributed by atoms with van der Waals surface area (Å²) in [6, 6.07) is 0. The van der Waals surface area contributed by atoms with Gasteiger partial charge in [0.05, 0.1) is 0 Å². The van der Waals surface area contributed by atoms with Crippen LogP contribution in [-0.4, -0.2) is 13.1 Å². The maximum Gasteiger partial charge on any atom is 0.0146 e. The molecule has 0 fully saturated rings. The van der Waals surface area contributed by atoms with Crippen LogP contribution in [0.1, 0.15) is 33.6 Å². The third-order valence-corrected chi connectivity index (χ3v) is 1.30. The van der Waals surface area contributed by atoms with Crippen molar-refractivity contribution in [2.24, 2.45) is 5.92 Å². The molecule has 0 saturated heterocycles. The fraction of sp³-hybridized carbons (Fsp3) is 0.800. The molecular weight excluding hydrogens is 134 g/mol. The molecule has 0 bridgehead atoms. The molecule has 0 aliphatic rings. The lowest BCUT2D eigenvalue weighted by molar-refractivity contribution is 0.683. The van der Waals surface area contributed by atoms with Gasteiger partial charge in [0.15, 0.2) is 0 Å². The minimum absolute atomic E-state index is 0.522. The largest absolute Gasteiger partial charge is 0.317 e. The fourth-order valence-electron chi connectivity index (χ4n) is 0.755. The fourth-order valence-corrected chi connectivity index (χ4v) is 0.755. The van der Waals surface area contributed by atoms with Crippen LogP contribution in [0.25, 0.3) is 0 Å². The molecule has 0 unspecified atom stereocenters. The van der Waals surface area contributed by atoms with Crippen LogP contribution in [0.5, 0.6) is 0 Å². The normalized spacial score (nSPS) is 9.45. The average molecular weight is 153 g/mol. The Labute approximate surface area is 70.6 Å². The SMILES string of the molecule is CCNCCCC#CC(C)C. The maximum atomic E-state index is 3.27. The van der Waals surface area contributed by atoms with Crippen molar-refractivity contribution in [3.8, 4) is 11.8 Å². The van der Waals surface area contributed by atoms with Crippen LogP contribution in [0.4, 0.5) is 0 Å². The molecule has 0 heterocycles. The Balaban J connectivity index is 3.09. The highest BCUT2D eigenvalue weighted by Crippen LogP contribution is 1.89. The molecule has 1 N–H and O–H groups in total. The first kappa shape index (κ1) is 10.5. The summed E-state index contributed by atoms with van der Waals surface area (Å²) in [4.78, 5) is 0. The van der Waals surface area contributed by atoms with E-state index in [1.165, 1.54) is 6.42 Å². The molecule has 0 rings (SSSR count). The van der Waals surface area contributed by atoms with E-state index in [9.17, 15) is 0 Å². The summed E-state index contributed by atoms with van der Waals surface area (Å²) in [5.41, 5.74) is 0. The Morgan fingerprint density at radius 2 is 2.09 bits per heavy atom. The highest BCUT2D eigenvalue weighted by atomic mass is 14.8. The maximum absolute atomic E-state index is 3.27. The Hall–Kier alpha value is -0.480. The molecule has 1 heteroatoms. The molecule has 0 radical (unpaired) electrons. The lowest BCUT2D eigenvalue weighted by atomic mass is 10.2. The van der Waals surface area contributed by atoms with E-state index in [-0.39, 0.29) is 0 Å². The zero-order chi connectivity index (χ0) is 8.53. The lowest BCUT2D eigenvalue weighted by Crippen LogP contribution is -2.13. The first-order valence-corrected chi connectivity index (χ1v) is 4.46. The van der Waals surface area contributed by atoms with Crippen molar-refractivity contribution in [2.75, 3.05) is 13.1 Å². The van der Waals surface area contributed by atoms with Gasteiger partial charge in [-0.3, -0.25) is 0 Å². The molecule has 0 amide bonds. The Morgan fingerprint density at radius 3 is 2.64 bits per heavy atom. The van der Waals surface area contributed by atoms with Gasteiger partial charge in [-0.1, -0.05) is 20.8 Å². The summed E-state index contributed by atoms with van der Waals surface area (Å²) in [7, 11) is 0. The van der Waals surface area contributed by atoms with E-state index >= 15 is 0 Å². The molecule has 0 spiro atoms. The van der Waals surface area contributed by atoms with Gasteiger partial charge < -0.3 is 5.32 Å². The van der Waals surface area contributed by atoms with E-state index in [4.69, 9.17) is 0 Å². The van der Waals surface area contributed by atoms with Crippen LogP contribution in [-0.2, 0) is 0 Å². The van der Waals surface area contributed by atoms with E-state index < -0.39 is 0 Å². The van der Waals surface area contributed by atoms with Gasteiger partial charge in [0, 0.05) is 12.3 Å². The van der Waals surface area contributed by atoms with Crippen molar-refractivity contribution < 1.29 is 0 Å². The van der Waals surface area contributed by atoms with Gasteiger partial charge in [-0.25, -0.2) is 0 Å². The summed E-state index contributed by atoms with van der Waals surface area (Å²) in [6.07, 6.45) is 2.21. The molecular formula is C10H19N. The van der Waals surface area contributed by atoms with Crippen LogP contribution in [0.15, 0.2) is 0 Å². The number of hydrogen-bond acceptors (Lipinski definition) is 1. The van der Waals surface area contributed by atoms with Gasteiger partial charge in [0.1, 0.15) is 0 Å². The topological polar surface area (TPSA) is 12.0 Å². The van der Waals surface area contributed by atoms with Crippen molar-refractivity contribution in [1.29, 1.82) is 0 Å². The van der Waals surface area contributed by atoms with E-state index in [2.05, 4.69) is 37.9 Å². The first-order chi connectivity index (χ1) is 5.27. The molecule has 0 aliphatic heterocycles. The zero-order valence-corrected chi connectivity index (χ0v) is 7.91. The molecule has 0 atom stereocenters. The minimum Gasteiger partial charge on any atom is -0.317 e. The number of unbranched alkanes of at least 4 members (excludes halogenated alkanes) is 1. The van der Waals surface area contributed by atoms with Crippen LogP contribution >= 0.6 is 0 Å². The van der Waals surface area contributed by atoms with E-state index in [1.54, 1.807) is 0 Å². The highest BCUT2D eigenvalue weighted by Gasteiger charge is 1.83. The molecule has 0 aromatic carbocycles. The van der Waals surface area contributed by atoms with Crippen LogP contribution in [0, 0.1) is 17.8 Å². The minimum atomic E-state index is 0.522. The average Bonchev–Trinajstić information content (AvgIpc) is 1.96. The second-order valence-corrected chi connectivity index (χ2v) is 2.93. The lowest BCUT2D eigenvalue weighted by Gasteiger charge is -1.95. The zero-order valence-electron chi connectivity index (χ0n) is 7.91. The molecule has 0 aromatic heterocycles. The third kappa shape index (κ3) is 9.52. The summed E-state index contributed by atoms with van der Waals surface area (Å²) in [5, 5.41) is 3.27. The molecule has 11 heavy (non-hydrogen) atoms. The first-order valence-electron chi connectivity index (χ1n) is 4.46. The van der Waals surface area contributed by atoms with Gasteiger partial charge in [0.25, 0.3) is 0 Å². The van der Waals surface area contributed by atoms with Gasteiger partial charge in [-0.05, 0) is 19.5 Å². The Bertz CT molecular complexity index is 128. The molecule has 0 aliphatic carbocycles. The predicted octanol–water partition coefficient (Wildman–Crippen LogP) is 2.04. The number of hydrogen-bond donors (Lipinski definition) is 1. The summed E-state index contributed by atoms with van der Waals surface area (Å²) < 4.78 is 0. The van der Waals surface area contributed by atoms with E-state index in [0.717, 1.165) is 19.5 Å². The Kier molecular flexibility index (Phi) is 7.29. The summed E-state index contributed by atoms with van der Waals surface area (Å²) >= 11 is 0. The van der Waals surface area contributed by atoms with Gasteiger partial charge >= 0.3 is 0 Å². The summed E-state index contributed by atoms with van der Waals surface area (Å²) in [6.45, 7) is 8.54. The van der Waals surface area contributed by atoms with Crippen molar-refractivity contribution in [3.63, 3.8) is 0 Å². The van der Waals surface area contributed by atoms with Crippen LogP contribution in [0.3, 0.4) is 0 Å². The smallest absolute Gasteiger partial charge is 0.0146 e. The van der Waals surface area contributed by atoms with Gasteiger partial charge in [-0.15, -0.1) is 11.8 Å². The molecule has 1 nitrogen and oxygen atoms in total. The van der Waals surface area contributed by atoms with Crippen molar-refractivity contribution in [1.82, 2.24) is 5.32 Å². The number of rotatable bonds is 4. The highest BCUT2D eigenvalue weighted by molar-refractivity contribution is 5.00. The number of nitrogens with one attached hydrogen (secondary N) is 1. The second kappa shape index (κ2) is 7.63. The van der Waals surface area contributed by atoms with Crippen LogP contribution in [0.2, 0.25) is 0 Å². The second-order valence-electron chi connectivity index (χ2n) is 2.93. The Morgan fingerprint density at radius 1 is 1.36 bits per heavy atom. The monoisotopic (exact) mass is 153 g/mol. The molecule has 0 saturated carbocycles. The summed E-state index contributed by atoms with van der Waals surface area (Å²) in [5.74, 6) is 6.82. The van der Waals surface area contributed by atoms with E-state index in [1.807, 2.05) is 0 Å². The van der Waals surface area contributed by atoms with Crippen molar-refractivity contribution in [3.05, 3.63) is 0 Å². The molecule has 64 valence electrons.